The number of rotatable bonds is 3. The molecule has 5 nitrogen and oxygen atoms in total. The van der Waals surface area contributed by atoms with Crippen molar-refractivity contribution in [2.45, 2.75) is 13.0 Å². The predicted molar refractivity (Wildman–Crippen MR) is 57.3 cm³/mol. The summed E-state index contributed by atoms with van der Waals surface area (Å²) in [7, 11) is 0. The van der Waals surface area contributed by atoms with Crippen LogP contribution < -0.4 is 11.1 Å². The number of carbonyl (C=O) groups is 2. The zero-order valence-corrected chi connectivity index (χ0v) is 8.73. The number of benzene rings is 1. The highest BCUT2D eigenvalue weighted by atomic mass is 16.2. The van der Waals surface area contributed by atoms with E-state index in [4.69, 9.17) is 11.0 Å². The van der Waals surface area contributed by atoms with Crippen molar-refractivity contribution in [1.29, 1.82) is 5.26 Å². The first-order chi connectivity index (χ1) is 7.54. The zero-order chi connectivity index (χ0) is 12.1. The van der Waals surface area contributed by atoms with Crippen molar-refractivity contribution in [1.82, 2.24) is 5.32 Å². The molecule has 1 atom stereocenters. The normalized spacial score (nSPS) is 11.2. The third-order valence-electron chi connectivity index (χ3n) is 2.03. The maximum atomic E-state index is 11.6. The van der Waals surface area contributed by atoms with E-state index in [9.17, 15) is 9.59 Å². The number of hydrogen-bond acceptors (Lipinski definition) is 3. The van der Waals surface area contributed by atoms with Crippen molar-refractivity contribution in [2.24, 2.45) is 5.73 Å². The number of nitrogens with one attached hydrogen (secondary N) is 1. The Hall–Kier alpha value is -2.35. The van der Waals surface area contributed by atoms with Crippen LogP contribution in [-0.4, -0.2) is 17.9 Å². The van der Waals surface area contributed by atoms with Gasteiger partial charge in [0.15, 0.2) is 0 Å². The molecule has 2 amide bonds. The summed E-state index contributed by atoms with van der Waals surface area (Å²) in [5, 5.41) is 11.1. The van der Waals surface area contributed by atoms with Crippen molar-refractivity contribution >= 4 is 11.8 Å². The third-order valence-corrected chi connectivity index (χ3v) is 2.03. The van der Waals surface area contributed by atoms with E-state index in [-0.39, 0.29) is 0 Å². The van der Waals surface area contributed by atoms with Gasteiger partial charge < -0.3 is 11.1 Å². The Balaban J connectivity index is 2.81. The van der Waals surface area contributed by atoms with Gasteiger partial charge in [-0.05, 0) is 25.1 Å². The number of carbonyl (C=O) groups excluding carboxylic acids is 2. The summed E-state index contributed by atoms with van der Waals surface area (Å²) in [5.41, 5.74) is 5.73. The summed E-state index contributed by atoms with van der Waals surface area (Å²) >= 11 is 0. The smallest absolute Gasteiger partial charge is 0.251 e. The number of nitriles is 1. The Kier molecular flexibility index (Phi) is 3.62. The van der Waals surface area contributed by atoms with Gasteiger partial charge in [-0.1, -0.05) is 6.07 Å². The maximum Gasteiger partial charge on any atom is 0.251 e. The lowest BCUT2D eigenvalue weighted by molar-refractivity contribution is -0.119. The fraction of sp³-hybridized carbons (Fsp3) is 0.182. The summed E-state index contributed by atoms with van der Waals surface area (Å²) < 4.78 is 0. The molecule has 82 valence electrons. The second kappa shape index (κ2) is 4.94. The van der Waals surface area contributed by atoms with Gasteiger partial charge in [-0.25, -0.2) is 0 Å². The van der Waals surface area contributed by atoms with Crippen LogP contribution in [0.25, 0.3) is 0 Å². The maximum absolute atomic E-state index is 11.6. The van der Waals surface area contributed by atoms with E-state index in [1.807, 2.05) is 6.07 Å². The van der Waals surface area contributed by atoms with Crippen molar-refractivity contribution in [3.8, 4) is 6.07 Å². The molecule has 1 aromatic rings. The highest BCUT2D eigenvalue weighted by Gasteiger charge is 2.13. The van der Waals surface area contributed by atoms with Crippen molar-refractivity contribution < 1.29 is 9.59 Å². The molecule has 0 radical (unpaired) electrons. The van der Waals surface area contributed by atoms with Gasteiger partial charge in [0.25, 0.3) is 5.91 Å². The molecular formula is C11H11N3O2. The predicted octanol–water partition coefficient (Wildman–Crippen LogP) is 0.162. The summed E-state index contributed by atoms with van der Waals surface area (Å²) in [6, 6.07) is 7.39. The van der Waals surface area contributed by atoms with E-state index >= 15 is 0 Å². The van der Waals surface area contributed by atoms with Crippen LogP contribution in [0.3, 0.4) is 0 Å². The molecule has 0 heterocycles. The number of hydrogen-bond donors (Lipinski definition) is 2. The molecule has 5 heteroatoms. The largest absolute Gasteiger partial charge is 0.368 e. The molecule has 0 saturated carbocycles. The molecule has 0 spiro atoms. The lowest BCUT2D eigenvalue weighted by Gasteiger charge is -2.09. The van der Waals surface area contributed by atoms with Gasteiger partial charge in [0.1, 0.15) is 6.04 Å². The molecule has 3 N–H and O–H groups in total. The summed E-state index contributed by atoms with van der Waals surface area (Å²) in [6.07, 6.45) is 0. The minimum atomic E-state index is -0.738. The van der Waals surface area contributed by atoms with Crippen LogP contribution in [0.1, 0.15) is 22.8 Å². The van der Waals surface area contributed by atoms with Gasteiger partial charge in [0.05, 0.1) is 11.6 Å². The average Bonchev–Trinajstić information content (AvgIpc) is 2.28. The number of primary amides is 1. The Labute approximate surface area is 92.9 Å². The van der Waals surface area contributed by atoms with Crippen LogP contribution in [0, 0.1) is 11.3 Å². The Morgan fingerprint density at radius 3 is 2.75 bits per heavy atom. The molecule has 0 aromatic heterocycles. The molecule has 0 aliphatic heterocycles. The standard InChI is InChI=1S/C11H11N3O2/c1-7(10(13)15)14-11(16)9-4-2-3-8(5-9)6-12/h2-5,7H,1H3,(H2,13,15)(H,14,16)/t7-/m0/s1. The van der Waals surface area contributed by atoms with Crippen molar-refractivity contribution in [2.75, 3.05) is 0 Å². The highest BCUT2D eigenvalue weighted by Crippen LogP contribution is 2.04. The van der Waals surface area contributed by atoms with E-state index in [0.29, 0.717) is 11.1 Å². The molecule has 1 rings (SSSR count). The van der Waals surface area contributed by atoms with E-state index in [0.717, 1.165) is 0 Å². The van der Waals surface area contributed by atoms with E-state index in [1.54, 1.807) is 18.2 Å². The van der Waals surface area contributed by atoms with Gasteiger partial charge in [-0.15, -0.1) is 0 Å². The number of nitrogens with zero attached hydrogens (tertiary/aromatic N) is 1. The molecule has 16 heavy (non-hydrogen) atoms. The quantitative estimate of drug-likeness (QED) is 0.754. The van der Waals surface area contributed by atoms with Crippen LogP contribution in [0.5, 0.6) is 0 Å². The fourth-order valence-electron chi connectivity index (χ4n) is 1.08. The van der Waals surface area contributed by atoms with Crippen molar-refractivity contribution in [3.63, 3.8) is 0 Å². The van der Waals surface area contributed by atoms with E-state index in [2.05, 4.69) is 5.32 Å². The molecule has 1 aromatic carbocycles. The van der Waals surface area contributed by atoms with Crippen LogP contribution >= 0.6 is 0 Å². The molecule has 0 aliphatic rings. The summed E-state index contributed by atoms with van der Waals surface area (Å²) in [4.78, 5) is 22.3. The lowest BCUT2D eigenvalue weighted by Crippen LogP contribution is -2.42. The summed E-state index contributed by atoms with van der Waals surface area (Å²) in [6.45, 7) is 1.49. The van der Waals surface area contributed by atoms with Crippen LogP contribution in [0.2, 0.25) is 0 Å². The first kappa shape index (κ1) is 11.7. The Morgan fingerprint density at radius 1 is 1.50 bits per heavy atom. The molecule has 0 fully saturated rings. The van der Waals surface area contributed by atoms with Gasteiger partial charge in [0.2, 0.25) is 5.91 Å². The zero-order valence-electron chi connectivity index (χ0n) is 8.73. The topological polar surface area (TPSA) is 96.0 Å². The van der Waals surface area contributed by atoms with Crippen LogP contribution in [0.4, 0.5) is 0 Å². The van der Waals surface area contributed by atoms with Gasteiger partial charge >= 0.3 is 0 Å². The number of amides is 2. The first-order valence-electron chi connectivity index (χ1n) is 4.65. The fourth-order valence-corrected chi connectivity index (χ4v) is 1.08. The third kappa shape index (κ3) is 2.82. The van der Waals surface area contributed by atoms with E-state index < -0.39 is 17.9 Å². The van der Waals surface area contributed by atoms with Gasteiger partial charge in [-0.2, -0.15) is 5.26 Å². The van der Waals surface area contributed by atoms with Crippen LogP contribution in [-0.2, 0) is 4.79 Å². The summed E-state index contributed by atoms with van der Waals surface area (Å²) in [5.74, 6) is -1.03. The molecular weight excluding hydrogens is 206 g/mol. The monoisotopic (exact) mass is 217 g/mol. The molecule has 0 aliphatic carbocycles. The Bertz CT molecular complexity index is 463. The second-order valence-corrected chi connectivity index (χ2v) is 3.29. The molecule has 0 saturated heterocycles. The van der Waals surface area contributed by atoms with Gasteiger partial charge in [-0.3, -0.25) is 9.59 Å². The minimum absolute atomic E-state index is 0.326. The molecule has 0 unspecified atom stereocenters. The van der Waals surface area contributed by atoms with Crippen LogP contribution in [0.15, 0.2) is 24.3 Å². The molecule has 0 bridgehead atoms. The second-order valence-electron chi connectivity index (χ2n) is 3.29. The van der Waals surface area contributed by atoms with Crippen molar-refractivity contribution in [3.05, 3.63) is 35.4 Å². The average molecular weight is 217 g/mol. The highest BCUT2D eigenvalue weighted by molar-refractivity contribution is 5.97. The van der Waals surface area contributed by atoms with E-state index in [1.165, 1.54) is 13.0 Å². The number of nitrogens with two attached hydrogens (primary N) is 1. The first-order valence-corrected chi connectivity index (χ1v) is 4.65. The van der Waals surface area contributed by atoms with Gasteiger partial charge in [0, 0.05) is 5.56 Å². The minimum Gasteiger partial charge on any atom is -0.368 e. The Morgan fingerprint density at radius 2 is 2.19 bits per heavy atom. The SMILES string of the molecule is C[C@H](NC(=O)c1cccc(C#N)c1)C(N)=O. The lowest BCUT2D eigenvalue weighted by atomic mass is 10.1.